The van der Waals surface area contributed by atoms with E-state index in [1.165, 1.54) is 4.68 Å². The summed E-state index contributed by atoms with van der Waals surface area (Å²) in [4.78, 5) is 18.2. The molecule has 0 N–H and O–H groups in total. The summed E-state index contributed by atoms with van der Waals surface area (Å²) in [5.74, 6) is 1.17. The number of aromatic nitrogens is 2. The fourth-order valence-corrected chi connectivity index (χ4v) is 4.92. The molecule has 0 aliphatic carbocycles. The Morgan fingerprint density at radius 1 is 1.03 bits per heavy atom. The smallest absolute Gasteiger partial charge is 0.282 e. The van der Waals surface area contributed by atoms with E-state index in [0.717, 1.165) is 26.4 Å². The summed E-state index contributed by atoms with van der Waals surface area (Å²) in [6.07, 6.45) is 1.67. The molecule has 1 aromatic heterocycles. The van der Waals surface area contributed by atoms with Gasteiger partial charge in [-0.3, -0.25) is 4.79 Å². The van der Waals surface area contributed by atoms with E-state index in [2.05, 4.69) is 21.0 Å². The third kappa shape index (κ3) is 5.28. The second-order valence-electron chi connectivity index (χ2n) is 8.87. The Morgan fingerprint density at radius 2 is 1.84 bits per heavy atom. The predicted molar refractivity (Wildman–Crippen MR) is 156 cm³/mol. The van der Waals surface area contributed by atoms with Gasteiger partial charge in [-0.1, -0.05) is 89.4 Å². The molecule has 5 nitrogen and oxygen atoms in total. The van der Waals surface area contributed by atoms with Crippen molar-refractivity contribution in [3.63, 3.8) is 0 Å². The number of hydrogen-bond acceptors (Lipinski definition) is 4. The first-order valence-corrected chi connectivity index (χ1v) is 13.2. The highest BCUT2D eigenvalue weighted by atomic mass is 79.9. The SMILES string of the molecule is CC(C)c1nc2ccc(Br)cc2c(=O)n1N=Cc1c(OCc2ccc(Cl)cc2Cl)ccc2ccccc12. The van der Waals surface area contributed by atoms with Gasteiger partial charge in [-0.05, 0) is 47.2 Å². The minimum absolute atomic E-state index is 0.0202. The molecule has 8 heteroatoms. The van der Waals surface area contributed by atoms with E-state index in [1.807, 2.05) is 68.4 Å². The maximum absolute atomic E-state index is 13.5. The van der Waals surface area contributed by atoms with Crippen LogP contribution in [0.1, 0.15) is 36.7 Å². The van der Waals surface area contributed by atoms with E-state index >= 15 is 0 Å². The Labute approximate surface area is 232 Å². The molecular formula is C29H22BrCl2N3O2. The largest absolute Gasteiger partial charge is 0.488 e. The van der Waals surface area contributed by atoms with Gasteiger partial charge in [0.15, 0.2) is 0 Å². The Hall–Kier alpha value is -3.19. The first kappa shape index (κ1) is 25.5. The van der Waals surface area contributed by atoms with Gasteiger partial charge in [-0.15, -0.1) is 0 Å². The molecule has 0 spiro atoms. The highest BCUT2D eigenvalue weighted by Gasteiger charge is 2.15. The van der Waals surface area contributed by atoms with Crippen molar-refractivity contribution in [3.05, 3.63) is 115 Å². The summed E-state index contributed by atoms with van der Waals surface area (Å²) < 4.78 is 8.39. The molecule has 0 atom stereocenters. The lowest BCUT2D eigenvalue weighted by Gasteiger charge is -2.14. The summed E-state index contributed by atoms with van der Waals surface area (Å²) in [5, 5.41) is 8.21. The zero-order chi connectivity index (χ0) is 26.1. The number of ether oxygens (including phenoxy) is 1. The van der Waals surface area contributed by atoms with E-state index in [9.17, 15) is 4.79 Å². The molecule has 0 aliphatic heterocycles. The maximum atomic E-state index is 13.5. The molecule has 1 heterocycles. The third-order valence-corrected chi connectivity index (χ3v) is 7.06. The number of benzene rings is 4. The predicted octanol–water partition coefficient (Wildman–Crippen LogP) is 8.20. The standard InChI is InChI=1S/C29H22BrCl2N3O2/c1-17(2)28-34-26-11-9-20(30)13-23(26)29(36)35(28)33-15-24-22-6-4-3-5-18(22)8-12-27(24)37-16-19-7-10-21(31)14-25(19)32/h3-15,17H,16H2,1-2H3. The van der Waals surface area contributed by atoms with Gasteiger partial charge in [0.2, 0.25) is 0 Å². The quantitative estimate of drug-likeness (QED) is 0.186. The van der Waals surface area contributed by atoms with Crippen LogP contribution >= 0.6 is 39.1 Å². The van der Waals surface area contributed by atoms with Gasteiger partial charge in [-0.2, -0.15) is 9.78 Å². The summed E-state index contributed by atoms with van der Waals surface area (Å²) in [6, 6.07) is 22.6. The average molecular weight is 595 g/mol. The van der Waals surface area contributed by atoms with Crippen LogP contribution < -0.4 is 10.3 Å². The molecular weight excluding hydrogens is 573 g/mol. The maximum Gasteiger partial charge on any atom is 0.282 e. The second-order valence-corrected chi connectivity index (χ2v) is 10.6. The average Bonchev–Trinajstić information content (AvgIpc) is 2.88. The topological polar surface area (TPSA) is 56.5 Å². The van der Waals surface area contributed by atoms with E-state index in [-0.39, 0.29) is 18.1 Å². The number of rotatable bonds is 6. The first-order chi connectivity index (χ1) is 17.8. The fraction of sp³-hybridized carbons (Fsp3) is 0.138. The van der Waals surface area contributed by atoms with Gasteiger partial charge in [-0.25, -0.2) is 4.98 Å². The number of nitrogens with zero attached hydrogens (tertiary/aromatic N) is 3. The molecule has 0 saturated carbocycles. The highest BCUT2D eigenvalue weighted by Crippen LogP contribution is 2.29. The second kappa shape index (κ2) is 10.7. The highest BCUT2D eigenvalue weighted by molar-refractivity contribution is 9.10. The molecule has 0 aliphatic rings. The normalized spacial score (nSPS) is 11.7. The zero-order valence-corrected chi connectivity index (χ0v) is 23.2. The minimum atomic E-state index is -0.234. The van der Waals surface area contributed by atoms with Gasteiger partial charge in [0.25, 0.3) is 5.56 Å². The summed E-state index contributed by atoms with van der Waals surface area (Å²) in [6.45, 7) is 4.22. The molecule has 5 aromatic rings. The van der Waals surface area contributed by atoms with Crippen LogP contribution in [0.5, 0.6) is 5.75 Å². The van der Waals surface area contributed by atoms with Crippen molar-refractivity contribution in [1.29, 1.82) is 0 Å². The molecule has 0 fully saturated rings. The van der Waals surface area contributed by atoms with E-state index < -0.39 is 0 Å². The van der Waals surface area contributed by atoms with Crippen molar-refractivity contribution in [2.45, 2.75) is 26.4 Å². The minimum Gasteiger partial charge on any atom is -0.488 e. The van der Waals surface area contributed by atoms with Crippen LogP contribution in [0.15, 0.2) is 87.2 Å². The van der Waals surface area contributed by atoms with Crippen molar-refractivity contribution < 1.29 is 4.74 Å². The molecule has 0 bridgehead atoms. The van der Waals surface area contributed by atoms with Gasteiger partial charge in [0.1, 0.15) is 18.2 Å². The summed E-state index contributed by atoms with van der Waals surface area (Å²) >= 11 is 15.8. The monoisotopic (exact) mass is 593 g/mol. The van der Waals surface area contributed by atoms with Crippen LogP contribution in [0.2, 0.25) is 10.0 Å². The Morgan fingerprint density at radius 3 is 2.62 bits per heavy atom. The zero-order valence-electron chi connectivity index (χ0n) is 20.1. The van der Waals surface area contributed by atoms with Gasteiger partial charge in [0.05, 0.1) is 17.1 Å². The summed E-state index contributed by atoms with van der Waals surface area (Å²) in [7, 11) is 0. The van der Waals surface area contributed by atoms with Crippen LogP contribution in [0.3, 0.4) is 0 Å². The van der Waals surface area contributed by atoms with Gasteiger partial charge >= 0.3 is 0 Å². The molecule has 4 aromatic carbocycles. The van der Waals surface area contributed by atoms with Gasteiger partial charge < -0.3 is 4.74 Å². The van der Waals surface area contributed by atoms with Crippen LogP contribution in [-0.4, -0.2) is 15.9 Å². The molecule has 37 heavy (non-hydrogen) atoms. The number of hydrogen-bond donors (Lipinski definition) is 0. The van der Waals surface area contributed by atoms with E-state index in [4.69, 9.17) is 32.9 Å². The van der Waals surface area contributed by atoms with Crippen molar-refractivity contribution >= 4 is 67.0 Å². The van der Waals surface area contributed by atoms with Crippen molar-refractivity contribution in [2.24, 2.45) is 5.10 Å². The lowest BCUT2D eigenvalue weighted by molar-refractivity contribution is 0.306. The molecule has 0 saturated heterocycles. The first-order valence-electron chi connectivity index (χ1n) is 11.7. The molecule has 5 rings (SSSR count). The Kier molecular flexibility index (Phi) is 7.33. The molecule has 0 radical (unpaired) electrons. The van der Waals surface area contributed by atoms with Crippen LogP contribution in [0, 0.1) is 0 Å². The van der Waals surface area contributed by atoms with Crippen LogP contribution in [-0.2, 0) is 6.61 Å². The van der Waals surface area contributed by atoms with Crippen LogP contribution in [0.25, 0.3) is 21.7 Å². The molecule has 0 unspecified atom stereocenters. The third-order valence-electron chi connectivity index (χ3n) is 5.98. The van der Waals surface area contributed by atoms with Crippen molar-refractivity contribution in [1.82, 2.24) is 9.66 Å². The summed E-state index contributed by atoms with van der Waals surface area (Å²) in [5.41, 5.74) is 1.96. The van der Waals surface area contributed by atoms with Gasteiger partial charge in [0, 0.05) is 31.6 Å². The van der Waals surface area contributed by atoms with Crippen molar-refractivity contribution in [3.8, 4) is 5.75 Å². The fourth-order valence-electron chi connectivity index (χ4n) is 4.10. The number of halogens is 3. The van der Waals surface area contributed by atoms with Crippen LogP contribution in [0.4, 0.5) is 0 Å². The lowest BCUT2D eigenvalue weighted by atomic mass is 10.0. The lowest BCUT2D eigenvalue weighted by Crippen LogP contribution is -2.23. The number of fused-ring (bicyclic) bond motifs is 2. The Bertz CT molecular complexity index is 1730. The van der Waals surface area contributed by atoms with E-state index in [0.29, 0.717) is 32.5 Å². The molecule has 186 valence electrons. The van der Waals surface area contributed by atoms with Crippen molar-refractivity contribution in [2.75, 3.05) is 0 Å². The Balaban J connectivity index is 1.62. The van der Waals surface area contributed by atoms with E-state index in [1.54, 1.807) is 24.4 Å². The molecule has 0 amide bonds.